The molecule has 0 unspecified atom stereocenters. The molecule has 160 valence electrons. The van der Waals surface area contributed by atoms with Gasteiger partial charge in [0.15, 0.2) is 5.78 Å². The fraction of sp³-hybridized carbons (Fsp3) is 0.304. The van der Waals surface area contributed by atoms with Crippen molar-refractivity contribution in [2.75, 3.05) is 10.2 Å². The van der Waals surface area contributed by atoms with Crippen LogP contribution in [-0.4, -0.2) is 29.3 Å². The van der Waals surface area contributed by atoms with E-state index in [2.05, 4.69) is 15.3 Å². The molecule has 1 amide bonds. The Bertz CT molecular complexity index is 1080. The highest BCUT2D eigenvalue weighted by Gasteiger charge is 2.42. The number of anilines is 2. The van der Waals surface area contributed by atoms with Gasteiger partial charge < -0.3 is 16.8 Å². The Balaban J connectivity index is 1.63. The maximum atomic E-state index is 12.9. The summed E-state index contributed by atoms with van der Waals surface area (Å²) in [6.45, 7) is 1.49. The Labute approximate surface area is 181 Å². The highest BCUT2D eigenvalue weighted by molar-refractivity contribution is 6.08. The highest BCUT2D eigenvalue weighted by atomic mass is 16.1. The van der Waals surface area contributed by atoms with Crippen LogP contribution in [0.3, 0.4) is 0 Å². The zero-order chi connectivity index (χ0) is 22.0. The summed E-state index contributed by atoms with van der Waals surface area (Å²) in [5.41, 5.74) is 14.0. The summed E-state index contributed by atoms with van der Waals surface area (Å²) in [4.78, 5) is 35.3. The van der Waals surface area contributed by atoms with Gasteiger partial charge in [0, 0.05) is 22.5 Å². The first-order chi connectivity index (χ1) is 14.9. The minimum Gasteiger partial charge on any atom is -0.369 e. The fourth-order valence-corrected chi connectivity index (χ4v) is 4.30. The van der Waals surface area contributed by atoms with E-state index in [-0.39, 0.29) is 23.6 Å². The molecule has 1 fully saturated rings. The number of nitrogens with one attached hydrogen (secondary N) is 1. The van der Waals surface area contributed by atoms with Crippen LogP contribution in [0.5, 0.6) is 0 Å². The minimum absolute atomic E-state index is 0.0597. The lowest BCUT2D eigenvalue weighted by molar-refractivity contribution is 0.101. The molecule has 2 aliphatic rings. The number of amides is 1. The SMILES string of the molecule is CC(=O)c1cccc(NC(=O)c2cccc(N3C(N)=NC(N)=NC34CCCCC4)c2)c1. The lowest BCUT2D eigenvalue weighted by atomic mass is 9.87. The molecule has 1 saturated carbocycles. The number of aliphatic imine (C=N–C) groups is 2. The van der Waals surface area contributed by atoms with Gasteiger partial charge in [-0.3, -0.25) is 14.5 Å². The standard InChI is InChI=1S/C23H26N6O2/c1-15(30)16-7-5-9-18(13-16)26-20(31)17-8-6-10-19(14-17)29-22(25)27-21(24)28-23(29)11-3-2-4-12-23/h5-10,13-14H,2-4,11-12H2,1H3,(H,26,31)(H4,24,25,27,28). The summed E-state index contributed by atoms with van der Waals surface area (Å²) < 4.78 is 0. The second kappa shape index (κ2) is 8.22. The van der Waals surface area contributed by atoms with Gasteiger partial charge in [0.2, 0.25) is 11.9 Å². The van der Waals surface area contributed by atoms with Crippen molar-refractivity contribution in [1.29, 1.82) is 0 Å². The number of Topliss-reactive ketones (excluding diaryl/α,β-unsaturated/α-hetero) is 1. The van der Waals surface area contributed by atoms with Crippen molar-refractivity contribution in [1.82, 2.24) is 0 Å². The molecule has 4 rings (SSSR count). The van der Waals surface area contributed by atoms with E-state index < -0.39 is 5.66 Å². The molecular formula is C23H26N6O2. The Morgan fingerprint density at radius 2 is 1.71 bits per heavy atom. The Morgan fingerprint density at radius 1 is 1.00 bits per heavy atom. The number of hydrogen-bond acceptors (Lipinski definition) is 7. The first kappa shape index (κ1) is 20.6. The molecule has 2 aromatic rings. The maximum Gasteiger partial charge on any atom is 0.255 e. The van der Waals surface area contributed by atoms with E-state index in [1.54, 1.807) is 36.4 Å². The maximum absolute atomic E-state index is 12.9. The molecule has 0 atom stereocenters. The van der Waals surface area contributed by atoms with Gasteiger partial charge in [-0.15, -0.1) is 0 Å². The van der Waals surface area contributed by atoms with Gasteiger partial charge in [-0.1, -0.05) is 24.6 Å². The van der Waals surface area contributed by atoms with Gasteiger partial charge in [-0.05, 0) is 62.9 Å². The second-order valence-electron chi connectivity index (χ2n) is 7.96. The zero-order valence-electron chi connectivity index (χ0n) is 17.5. The third-order valence-electron chi connectivity index (χ3n) is 5.74. The summed E-state index contributed by atoms with van der Waals surface area (Å²) in [5.74, 6) is 0.127. The number of nitrogens with zero attached hydrogens (tertiary/aromatic N) is 3. The van der Waals surface area contributed by atoms with Crippen molar-refractivity contribution < 1.29 is 9.59 Å². The quantitative estimate of drug-likeness (QED) is 0.657. The predicted octanol–water partition coefficient (Wildman–Crippen LogP) is 3.25. The average molecular weight is 419 g/mol. The van der Waals surface area contributed by atoms with Crippen LogP contribution in [0.25, 0.3) is 0 Å². The van der Waals surface area contributed by atoms with E-state index in [1.165, 1.54) is 6.92 Å². The van der Waals surface area contributed by atoms with Crippen LogP contribution in [0, 0.1) is 0 Å². The smallest absolute Gasteiger partial charge is 0.255 e. The summed E-state index contributed by atoms with van der Waals surface area (Å²) in [5, 5.41) is 2.85. The molecule has 8 heteroatoms. The lowest BCUT2D eigenvalue weighted by Gasteiger charge is -2.45. The van der Waals surface area contributed by atoms with Gasteiger partial charge in [-0.25, -0.2) is 4.99 Å². The predicted molar refractivity (Wildman–Crippen MR) is 122 cm³/mol. The van der Waals surface area contributed by atoms with E-state index in [0.717, 1.165) is 37.8 Å². The molecule has 0 radical (unpaired) electrons. The van der Waals surface area contributed by atoms with Gasteiger partial charge in [0.25, 0.3) is 5.91 Å². The lowest BCUT2D eigenvalue weighted by Crippen LogP contribution is -2.58. The van der Waals surface area contributed by atoms with Crippen LogP contribution < -0.4 is 21.7 Å². The summed E-state index contributed by atoms with van der Waals surface area (Å²) >= 11 is 0. The zero-order valence-corrected chi connectivity index (χ0v) is 17.5. The van der Waals surface area contributed by atoms with E-state index in [4.69, 9.17) is 11.5 Å². The number of carbonyl (C=O) groups is 2. The average Bonchev–Trinajstić information content (AvgIpc) is 2.74. The molecule has 5 N–H and O–H groups in total. The summed E-state index contributed by atoms with van der Waals surface area (Å²) in [6, 6.07) is 14.1. The van der Waals surface area contributed by atoms with Crippen LogP contribution in [-0.2, 0) is 0 Å². The molecule has 0 bridgehead atoms. The normalized spacial score (nSPS) is 17.6. The fourth-order valence-electron chi connectivity index (χ4n) is 4.30. The topological polar surface area (TPSA) is 126 Å². The summed E-state index contributed by atoms with van der Waals surface area (Å²) in [7, 11) is 0. The monoisotopic (exact) mass is 418 g/mol. The van der Waals surface area contributed by atoms with Crippen molar-refractivity contribution in [2.45, 2.75) is 44.7 Å². The number of ketones is 1. The van der Waals surface area contributed by atoms with Crippen LogP contribution in [0.4, 0.5) is 11.4 Å². The molecule has 31 heavy (non-hydrogen) atoms. The Morgan fingerprint density at radius 3 is 2.45 bits per heavy atom. The van der Waals surface area contributed by atoms with Crippen molar-refractivity contribution in [3.05, 3.63) is 59.7 Å². The molecule has 0 aromatic heterocycles. The van der Waals surface area contributed by atoms with Crippen molar-refractivity contribution in [3.8, 4) is 0 Å². The second-order valence-corrected chi connectivity index (χ2v) is 7.96. The molecular weight excluding hydrogens is 392 g/mol. The molecule has 8 nitrogen and oxygen atoms in total. The highest BCUT2D eigenvalue weighted by Crippen LogP contribution is 2.39. The van der Waals surface area contributed by atoms with E-state index >= 15 is 0 Å². The number of carbonyl (C=O) groups excluding carboxylic acids is 2. The van der Waals surface area contributed by atoms with Crippen LogP contribution in [0.2, 0.25) is 0 Å². The van der Waals surface area contributed by atoms with Crippen LogP contribution in [0.15, 0.2) is 58.5 Å². The van der Waals surface area contributed by atoms with Gasteiger partial charge in [0.1, 0.15) is 5.66 Å². The third kappa shape index (κ3) is 4.14. The molecule has 1 aliphatic heterocycles. The summed E-state index contributed by atoms with van der Waals surface area (Å²) in [6.07, 6.45) is 4.82. The minimum atomic E-state index is -0.570. The number of rotatable bonds is 4. The number of hydrogen-bond donors (Lipinski definition) is 3. The van der Waals surface area contributed by atoms with E-state index in [0.29, 0.717) is 16.8 Å². The molecule has 0 saturated heterocycles. The Kier molecular flexibility index (Phi) is 5.46. The number of nitrogens with two attached hydrogens (primary N) is 2. The first-order valence-corrected chi connectivity index (χ1v) is 10.4. The molecule has 2 aromatic carbocycles. The van der Waals surface area contributed by atoms with Gasteiger partial charge >= 0.3 is 0 Å². The van der Waals surface area contributed by atoms with Crippen LogP contribution >= 0.6 is 0 Å². The molecule has 1 spiro atoms. The van der Waals surface area contributed by atoms with Crippen molar-refractivity contribution >= 4 is 35.0 Å². The number of guanidine groups is 2. The van der Waals surface area contributed by atoms with Gasteiger partial charge in [0.05, 0.1) is 0 Å². The Hall–Kier alpha value is -3.68. The first-order valence-electron chi connectivity index (χ1n) is 10.4. The van der Waals surface area contributed by atoms with Crippen molar-refractivity contribution in [2.24, 2.45) is 21.5 Å². The third-order valence-corrected chi connectivity index (χ3v) is 5.74. The van der Waals surface area contributed by atoms with E-state index in [9.17, 15) is 9.59 Å². The van der Waals surface area contributed by atoms with Crippen molar-refractivity contribution in [3.63, 3.8) is 0 Å². The molecule has 1 aliphatic carbocycles. The molecule has 1 heterocycles. The number of benzene rings is 2. The van der Waals surface area contributed by atoms with Gasteiger partial charge in [-0.2, -0.15) is 4.99 Å². The van der Waals surface area contributed by atoms with Crippen LogP contribution in [0.1, 0.15) is 59.7 Å². The largest absolute Gasteiger partial charge is 0.369 e. The van der Waals surface area contributed by atoms with E-state index in [1.807, 2.05) is 17.0 Å².